The topological polar surface area (TPSA) is 0 Å². The normalized spacial score (nSPS) is 24.2. The molecule has 1 fully saturated rings. The molecule has 0 saturated heterocycles. The van der Waals surface area contributed by atoms with Crippen molar-refractivity contribution in [3.63, 3.8) is 0 Å². The Morgan fingerprint density at radius 1 is 0.923 bits per heavy atom. The molecular formula is C24H24F2. The molecule has 0 radical (unpaired) electrons. The quantitative estimate of drug-likeness (QED) is 0.536. The molecule has 0 spiro atoms. The van der Waals surface area contributed by atoms with Gasteiger partial charge in [0.05, 0.1) is 0 Å². The van der Waals surface area contributed by atoms with Gasteiger partial charge in [-0.15, -0.1) is 0 Å². The van der Waals surface area contributed by atoms with Gasteiger partial charge in [-0.2, -0.15) is 0 Å². The number of aryl methyl sites for hydroxylation is 1. The summed E-state index contributed by atoms with van der Waals surface area (Å²) < 4.78 is 26.6. The lowest BCUT2D eigenvalue weighted by molar-refractivity contribution is 0.206. The summed E-state index contributed by atoms with van der Waals surface area (Å²) in [6, 6.07) is 9.90. The largest absolute Gasteiger partial charge is 0.207 e. The van der Waals surface area contributed by atoms with Crippen LogP contribution in [0.1, 0.15) is 67.2 Å². The summed E-state index contributed by atoms with van der Waals surface area (Å²) >= 11 is 0. The number of fused-ring (bicyclic) bond motifs is 3. The summed E-state index contributed by atoms with van der Waals surface area (Å²) in [5, 5.41) is 0. The monoisotopic (exact) mass is 350 g/mol. The molecule has 2 aromatic rings. The van der Waals surface area contributed by atoms with Gasteiger partial charge in [0.25, 0.3) is 0 Å². The highest BCUT2D eigenvalue weighted by Gasteiger charge is 2.34. The summed E-state index contributed by atoms with van der Waals surface area (Å²) in [6.07, 6.45) is 7.75. The minimum Gasteiger partial charge on any atom is -0.207 e. The van der Waals surface area contributed by atoms with Crippen molar-refractivity contribution in [3.8, 4) is 11.8 Å². The summed E-state index contributed by atoms with van der Waals surface area (Å²) in [5.74, 6) is 7.24. The third-order valence-corrected chi connectivity index (χ3v) is 6.21. The highest BCUT2D eigenvalue weighted by molar-refractivity contribution is 5.47. The molecule has 2 heteroatoms. The van der Waals surface area contributed by atoms with Crippen LogP contribution in [0.5, 0.6) is 0 Å². The van der Waals surface area contributed by atoms with Crippen LogP contribution in [0.15, 0.2) is 36.4 Å². The summed E-state index contributed by atoms with van der Waals surface area (Å²) in [7, 11) is 0. The molecule has 2 aromatic carbocycles. The summed E-state index contributed by atoms with van der Waals surface area (Å²) in [4.78, 5) is 0. The average Bonchev–Trinajstić information content (AvgIpc) is 2.64. The molecule has 134 valence electrons. The maximum absolute atomic E-state index is 13.3. The third-order valence-electron chi connectivity index (χ3n) is 6.21. The first-order chi connectivity index (χ1) is 12.6. The van der Waals surface area contributed by atoms with E-state index in [1.807, 2.05) is 0 Å². The van der Waals surface area contributed by atoms with Gasteiger partial charge in [-0.1, -0.05) is 31.3 Å². The molecular weight excluding hydrogens is 326 g/mol. The van der Waals surface area contributed by atoms with E-state index in [0.717, 1.165) is 29.9 Å². The first kappa shape index (κ1) is 17.3. The van der Waals surface area contributed by atoms with Crippen molar-refractivity contribution in [3.05, 3.63) is 70.3 Å². The molecule has 1 saturated carbocycles. The zero-order chi connectivity index (χ0) is 18.1. The smallest absolute Gasteiger partial charge is 0.127 e. The second-order valence-corrected chi connectivity index (χ2v) is 7.81. The van der Waals surface area contributed by atoms with Gasteiger partial charge in [-0.25, -0.2) is 8.78 Å². The molecule has 3 atom stereocenters. The molecule has 0 bridgehead atoms. The second kappa shape index (κ2) is 7.23. The Bertz CT molecular complexity index is 851. The minimum atomic E-state index is -0.589. The molecule has 0 amide bonds. The Balaban J connectivity index is 1.57. The van der Waals surface area contributed by atoms with Crippen LogP contribution in [0.25, 0.3) is 0 Å². The van der Waals surface area contributed by atoms with Crippen LogP contribution in [0, 0.1) is 35.3 Å². The molecule has 3 unspecified atom stereocenters. The first-order valence-corrected chi connectivity index (χ1v) is 9.73. The second-order valence-electron chi connectivity index (χ2n) is 7.81. The molecule has 4 rings (SSSR count). The van der Waals surface area contributed by atoms with E-state index in [9.17, 15) is 8.78 Å². The van der Waals surface area contributed by atoms with E-state index in [4.69, 9.17) is 0 Å². The molecule has 0 aromatic heterocycles. The Hall–Kier alpha value is -2.14. The number of hydrogen-bond donors (Lipinski definition) is 0. The van der Waals surface area contributed by atoms with Crippen LogP contribution in [-0.2, 0) is 6.42 Å². The maximum Gasteiger partial charge on any atom is 0.127 e. The highest BCUT2D eigenvalue weighted by atomic mass is 19.1. The predicted molar refractivity (Wildman–Crippen MR) is 101 cm³/mol. The molecule has 0 nitrogen and oxygen atoms in total. The fourth-order valence-electron chi connectivity index (χ4n) is 4.83. The predicted octanol–water partition coefficient (Wildman–Crippen LogP) is 6.22. The van der Waals surface area contributed by atoms with Gasteiger partial charge >= 0.3 is 0 Å². The minimum absolute atomic E-state index is 0.373. The van der Waals surface area contributed by atoms with Crippen LogP contribution in [0.3, 0.4) is 0 Å². The van der Waals surface area contributed by atoms with Gasteiger partial charge in [-0.05, 0) is 85.3 Å². The van der Waals surface area contributed by atoms with Crippen molar-refractivity contribution in [2.24, 2.45) is 11.8 Å². The van der Waals surface area contributed by atoms with E-state index in [1.54, 1.807) is 0 Å². The Kier molecular flexibility index (Phi) is 4.81. The average molecular weight is 350 g/mol. The van der Waals surface area contributed by atoms with Crippen LogP contribution in [-0.4, -0.2) is 0 Å². The summed E-state index contributed by atoms with van der Waals surface area (Å²) in [5.41, 5.74) is 4.23. The molecule has 0 aliphatic heterocycles. The lowest BCUT2D eigenvalue weighted by Crippen LogP contribution is -2.27. The van der Waals surface area contributed by atoms with Crippen molar-refractivity contribution < 1.29 is 8.78 Å². The van der Waals surface area contributed by atoms with E-state index in [-0.39, 0.29) is 0 Å². The molecule has 0 heterocycles. The van der Waals surface area contributed by atoms with E-state index in [1.165, 1.54) is 55.4 Å². The summed E-state index contributed by atoms with van der Waals surface area (Å²) in [6.45, 7) is 2.32. The lowest BCUT2D eigenvalue weighted by Gasteiger charge is -2.40. The van der Waals surface area contributed by atoms with Gasteiger partial charge in [0, 0.05) is 17.2 Å². The molecule has 2 aliphatic rings. The van der Waals surface area contributed by atoms with E-state index < -0.39 is 11.6 Å². The van der Waals surface area contributed by atoms with Crippen molar-refractivity contribution in [1.82, 2.24) is 0 Å². The maximum atomic E-state index is 13.3. The number of hydrogen-bond acceptors (Lipinski definition) is 0. The molecule has 2 aliphatic carbocycles. The number of benzene rings is 2. The Morgan fingerprint density at radius 3 is 2.46 bits per heavy atom. The van der Waals surface area contributed by atoms with Crippen LogP contribution in [0.4, 0.5) is 8.78 Å². The fourth-order valence-corrected chi connectivity index (χ4v) is 4.83. The number of rotatable bonds is 1. The van der Waals surface area contributed by atoms with Crippen LogP contribution < -0.4 is 0 Å². The zero-order valence-electron chi connectivity index (χ0n) is 15.2. The standard InChI is InChI=1S/C24H24F2/c1-2-16-5-9-23-19(11-16)7-8-20-12-17(6-10-24(20)23)3-4-18-13-21(25)15-22(26)14-18/h6,10,12-16,19,23H,2,5,7-9,11H2,1H3. The van der Waals surface area contributed by atoms with Gasteiger partial charge in [-0.3, -0.25) is 0 Å². The van der Waals surface area contributed by atoms with Gasteiger partial charge in [0.2, 0.25) is 0 Å². The Morgan fingerprint density at radius 2 is 1.69 bits per heavy atom. The van der Waals surface area contributed by atoms with E-state index in [2.05, 4.69) is 37.0 Å². The lowest BCUT2D eigenvalue weighted by atomic mass is 9.65. The zero-order valence-corrected chi connectivity index (χ0v) is 15.2. The van der Waals surface area contributed by atoms with Crippen LogP contribution in [0.2, 0.25) is 0 Å². The number of halogens is 2. The highest BCUT2D eigenvalue weighted by Crippen LogP contribution is 2.47. The van der Waals surface area contributed by atoms with E-state index >= 15 is 0 Å². The van der Waals surface area contributed by atoms with Crippen molar-refractivity contribution in [2.45, 2.75) is 51.4 Å². The third kappa shape index (κ3) is 3.54. The SMILES string of the molecule is CCC1CCC2c3ccc(C#Cc4cc(F)cc(F)c4)cc3CCC2C1. The molecule has 0 N–H and O–H groups in total. The van der Waals surface area contributed by atoms with E-state index in [0.29, 0.717) is 11.5 Å². The van der Waals surface area contributed by atoms with Crippen LogP contribution >= 0.6 is 0 Å². The first-order valence-electron chi connectivity index (χ1n) is 9.73. The van der Waals surface area contributed by atoms with Gasteiger partial charge < -0.3 is 0 Å². The fraction of sp³-hybridized carbons (Fsp3) is 0.417. The van der Waals surface area contributed by atoms with Crippen molar-refractivity contribution in [2.75, 3.05) is 0 Å². The van der Waals surface area contributed by atoms with Gasteiger partial charge in [0.15, 0.2) is 0 Å². The Labute approximate surface area is 154 Å². The van der Waals surface area contributed by atoms with Gasteiger partial charge in [0.1, 0.15) is 11.6 Å². The van der Waals surface area contributed by atoms with Crippen molar-refractivity contribution in [1.29, 1.82) is 0 Å². The molecule has 26 heavy (non-hydrogen) atoms. The van der Waals surface area contributed by atoms with Crippen molar-refractivity contribution >= 4 is 0 Å².